The van der Waals surface area contributed by atoms with E-state index in [0.29, 0.717) is 5.82 Å². The van der Waals surface area contributed by atoms with Crippen LogP contribution < -0.4 is 5.32 Å². The van der Waals surface area contributed by atoms with E-state index in [1.54, 1.807) is 24.8 Å². The third-order valence-corrected chi connectivity index (χ3v) is 3.48. The lowest BCUT2D eigenvalue weighted by molar-refractivity contribution is 1.21. The fourth-order valence-corrected chi connectivity index (χ4v) is 2.37. The van der Waals surface area contributed by atoms with Crippen molar-refractivity contribution in [2.24, 2.45) is 0 Å². The zero-order valence-corrected chi connectivity index (χ0v) is 12.2. The molecule has 5 nitrogen and oxygen atoms in total. The minimum Gasteiger partial charge on any atom is -0.340 e. The average Bonchev–Trinajstić information content (AvgIpc) is 2.63. The number of hydrogen-bond donors (Lipinski definition) is 1. The van der Waals surface area contributed by atoms with E-state index < -0.39 is 0 Å². The molecule has 1 aromatic carbocycles. The lowest BCUT2D eigenvalue weighted by atomic mass is 10.2. The van der Waals surface area contributed by atoms with E-state index in [2.05, 4.69) is 20.3 Å². The van der Waals surface area contributed by atoms with Crippen LogP contribution in [-0.4, -0.2) is 19.9 Å². The normalized spacial score (nSPS) is 10.6. The molecule has 110 valence electrons. The molecule has 23 heavy (non-hydrogen) atoms. The number of hydrogen-bond acceptors (Lipinski definition) is 5. The Morgan fingerprint density at radius 3 is 2.17 bits per heavy atom. The highest BCUT2D eigenvalue weighted by molar-refractivity contribution is 5.92. The van der Waals surface area contributed by atoms with Crippen LogP contribution in [0, 0.1) is 0 Å². The monoisotopic (exact) mass is 299 g/mol. The Bertz CT molecular complexity index is 939. The molecule has 0 spiro atoms. The molecule has 5 heteroatoms. The molecule has 0 aliphatic rings. The number of pyridine rings is 2. The van der Waals surface area contributed by atoms with Crippen molar-refractivity contribution in [1.82, 2.24) is 19.9 Å². The number of para-hydroxylation sites is 1. The molecule has 0 saturated heterocycles. The summed E-state index contributed by atoms with van der Waals surface area (Å²) in [6, 6.07) is 15.6. The molecule has 3 aromatic heterocycles. The minimum atomic E-state index is 0.669. The van der Waals surface area contributed by atoms with Crippen molar-refractivity contribution in [3.8, 4) is 11.4 Å². The molecule has 1 N–H and O–H groups in total. The Hall–Kier alpha value is -3.34. The summed E-state index contributed by atoms with van der Waals surface area (Å²) in [5.41, 5.74) is 2.76. The van der Waals surface area contributed by atoms with Crippen LogP contribution in [0.5, 0.6) is 0 Å². The van der Waals surface area contributed by atoms with Crippen molar-refractivity contribution in [2.75, 3.05) is 5.32 Å². The van der Waals surface area contributed by atoms with Gasteiger partial charge in [-0.15, -0.1) is 0 Å². The van der Waals surface area contributed by atoms with Crippen LogP contribution in [0.25, 0.3) is 22.3 Å². The molecule has 4 rings (SSSR count). The largest absolute Gasteiger partial charge is 0.340 e. The second kappa shape index (κ2) is 5.81. The van der Waals surface area contributed by atoms with Crippen molar-refractivity contribution < 1.29 is 0 Å². The minimum absolute atomic E-state index is 0.669. The first-order valence-electron chi connectivity index (χ1n) is 7.24. The van der Waals surface area contributed by atoms with Gasteiger partial charge in [0.2, 0.25) is 0 Å². The van der Waals surface area contributed by atoms with Gasteiger partial charge in [-0.1, -0.05) is 12.1 Å². The maximum absolute atomic E-state index is 4.70. The maximum Gasteiger partial charge on any atom is 0.162 e. The number of anilines is 2. The van der Waals surface area contributed by atoms with E-state index in [-0.39, 0.29) is 0 Å². The van der Waals surface area contributed by atoms with Gasteiger partial charge in [0, 0.05) is 41.4 Å². The second-order valence-electron chi connectivity index (χ2n) is 5.01. The maximum atomic E-state index is 4.70. The molecule has 0 unspecified atom stereocenters. The molecule has 4 aromatic rings. The Morgan fingerprint density at radius 2 is 1.39 bits per heavy atom. The number of nitrogens with one attached hydrogen (secondary N) is 1. The summed E-state index contributed by atoms with van der Waals surface area (Å²) in [6.07, 6.45) is 6.97. The van der Waals surface area contributed by atoms with Crippen LogP contribution in [0.2, 0.25) is 0 Å². The molecule has 0 atom stereocenters. The Kier molecular flexibility index (Phi) is 3.37. The first-order chi connectivity index (χ1) is 11.4. The summed E-state index contributed by atoms with van der Waals surface area (Å²) in [5, 5.41) is 4.32. The predicted octanol–water partition coefficient (Wildman–Crippen LogP) is 3.83. The Labute approximate surface area is 133 Å². The summed E-state index contributed by atoms with van der Waals surface area (Å²) in [4.78, 5) is 17.4. The van der Waals surface area contributed by atoms with Crippen LogP contribution >= 0.6 is 0 Å². The lowest BCUT2D eigenvalue weighted by Crippen LogP contribution is -1.99. The van der Waals surface area contributed by atoms with Gasteiger partial charge in [-0.3, -0.25) is 9.97 Å². The fourth-order valence-electron chi connectivity index (χ4n) is 2.37. The quantitative estimate of drug-likeness (QED) is 0.623. The number of aromatic nitrogens is 4. The van der Waals surface area contributed by atoms with Crippen molar-refractivity contribution in [2.45, 2.75) is 0 Å². The van der Waals surface area contributed by atoms with E-state index >= 15 is 0 Å². The van der Waals surface area contributed by atoms with Gasteiger partial charge in [-0.2, -0.15) is 0 Å². The number of rotatable bonds is 3. The number of nitrogens with zero attached hydrogens (tertiary/aromatic N) is 4. The van der Waals surface area contributed by atoms with E-state index in [4.69, 9.17) is 4.98 Å². The van der Waals surface area contributed by atoms with Gasteiger partial charge in [-0.05, 0) is 36.4 Å². The van der Waals surface area contributed by atoms with Crippen LogP contribution in [0.1, 0.15) is 0 Å². The average molecular weight is 299 g/mol. The summed E-state index contributed by atoms with van der Waals surface area (Å²) >= 11 is 0. The molecule has 0 bridgehead atoms. The molecule has 0 fully saturated rings. The molecule has 0 saturated carbocycles. The van der Waals surface area contributed by atoms with Crippen molar-refractivity contribution in [3.05, 3.63) is 73.3 Å². The third kappa shape index (κ3) is 2.72. The zero-order valence-electron chi connectivity index (χ0n) is 12.2. The van der Waals surface area contributed by atoms with Crippen molar-refractivity contribution >= 4 is 22.4 Å². The van der Waals surface area contributed by atoms with Gasteiger partial charge in [0.1, 0.15) is 5.82 Å². The van der Waals surface area contributed by atoms with E-state index in [1.165, 1.54) is 0 Å². The Balaban J connectivity index is 1.87. The van der Waals surface area contributed by atoms with Crippen LogP contribution in [0.4, 0.5) is 11.5 Å². The highest BCUT2D eigenvalue weighted by atomic mass is 15.0. The van der Waals surface area contributed by atoms with Gasteiger partial charge in [0.05, 0.1) is 5.52 Å². The van der Waals surface area contributed by atoms with Crippen molar-refractivity contribution in [1.29, 1.82) is 0 Å². The predicted molar refractivity (Wildman–Crippen MR) is 90.3 cm³/mol. The SMILES string of the molecule is c1ccc2c(Nc3ccncc3)nc(-c3ccncc3)nc2c1. The highest BCUT2D eigenvalue weighted by Gasteiger charge is 2.09. The van der Waals surface area contributed by atoms with Crippen LogP contribution in [0.15, 0.2) is 73.3 Å². The summed E-state index contributed by atoms with van der Waals surface area (Å²) in [5.74, 6) is 1.44. The second-order valence-corrected chi connectivity index (χ2v) is 5.01. The Morgan fingerprint density at radius 1 is 0.696 bits per heavy atom. The standard InChI is InChI=1S/C18H13N5/c1-2-4-16-15(3-1)18(21-14-7-11-20-12-8-14)23-17(22-16)13-5-9-19-10-6-13/h1-12H,(H,20,21,22,23). The third-order valence-electron chi connectivity index (χ3n) is 3.48. The van der Waals surface area contributed by atoms with E-state index in [0.717, 1.165) is 28.0 Å². The first kappa shape index (κ1) is 13.3. The van der Waals surface area contributed by atoms with Gasteiger partial charge in [0.25, 0.3) is 0 Å². The first-order valence-corrected chi connectivity index (χ1v) is 7.24. The molecule has 0 aliphatic heterocycles. The van der Waals surface area contributed by atoms with Gasteiger partial charge in [-0.25, -0.2) is 9.97 Å². The van der Waals surface area contributed by atoms with Crippen molar-refractivity contribution in [3.63, 3.8) is 0 Å². The lowest BCUT2D eigenvalue weighted by Gasteiger charge is -2.10. The summed E-state index contributed by atoms with van der Waals surface area (Å²) < 4.78 is 0. The van der Waals surface area contributed by atoms with Crippen LogP contribution in [0.3, 0.4) is 0 Å². The van der Waals surface area contributed by atoms with Gasteiger partial charge < -0.3 is 5.32 Å². The number of benzene rings is 1. The molecule has 3 heterocycles. The van der Waals surface area contributed by atoms with Gasteiger partial charge in [0.15, 0.2) is 5.82 Å². The smallest absolute Gasteiger partial charge is 0.162 e. The van der Waals surface area contributed by atoms with Crippen LogP contribution in [-0.2, 0) is 0 Å². The number of fused-ring (bicyclic) bond motifs is 1. The van der Waals surface area contributed by atoms with Gasteiger partial charge >= 0.3 is 0 Å². The fraction of sp³-hybridized carbons (Fsp3) is 0. The van der Waals surface area contributed by atoms with E-state index in [1.807, 2.05) is 48.5 Å². The highest BCUT2D eigenvalue weighted by Crippen LogP contribution is 2.26. The molecule has 0 aliphatic carbocycles. The zero-order chi connectivity index (χ0) is 15.5. The molecular formula is C18H13N5. The molecule has 0 radical (unpaired) electrons. The summed E-state index contributed by atoms with van der Waals surface area (Å²) in [6.45, 7) is 0. The summed E-state index contributed by atoms with van der Waals surface area (Å²) in [7, 11) is 0. The van der Waals surface area contributed by atoms with E-state index in [9.17, 15) is 0 Å². The topological polar surface area (TPSA) is 63.6 Å². The molecular weight excluding hydrogens is 286 g/mol. The molecule has 0 amide bonds.